The third kappa shape index (κ3) is 5.34. The molecule has 0 aromatic heterocycles. The Bertz CT molecular complexity index is 455. The molecule has 0 atom stereocenters. The second kappa shape index (κ2) is 7.97. The number of nitrogen functional groups attached to an aromatic ring is 1. The van der Waals surface area contributed by atoms with Crippen LogP contribution in [0.15, 0.2) is 12.1 Å². The maximum Gasteiger partial charge on any atom is 0.387 e. The number of benzene rings is 1. The lowest BCUT2D eigenvalue weighted by Crippen LogP contribution is -2.33. The van der Waals surface area contributed by atoms with Gasteiger partial charge in [0, 0.05) is 31.8 Å². The molecule has 0 amide bonds. The molecule has 4 nitrogen and oxygen atoms in total. The van der Waals surface area contributed by atoms with E-state index in [1.165, 1.54) is 6.07 Å². The Morgan fingerprint density at radius 2 is 1.86 bits per heavy atom. The fourth-order valence-electron chi connectivity index (χ4n) is 1.96. The number of likely N-dealkylation sites (N-methyl/N-ethyl adjacent to an activating group) is 1. The largest absolute Gasteiger partial charge is 0.432 e. The predicted octanol–water partition coefficient (Wildman–Crippen LogP) is 2.79. The van der Waals surface area contributed by atoms with E-state index in [0.29, 0.717) is 18.8 Å². The summed E-state index contributed by atoms with van der Waals surface area (Å²) in [6.45, 7) is 1.04. The summed E-state index contributed by atoms with van der Waals surface area (Å²) < 4.78 is 42.4. The highest BCUT2D eigenvalue weighted by Gasteiger charge is 2.17. The molecule has 0 saturated carbocycles. The van der Waals surface area contributed by atoms with Gasteiger partial charge in [-0.3, -0.25) is 0 Å². The molecule has 0 bridgehead atoms. The first kappa shape index (κ1) is 17.4. The summed E-state index contributed by atoms with van der Waals surface area (Å²) in [4.78, 5) is 3.94. The molecule has 0 unspecified atom stereocenters. The van der Waals surface area contributed by atoms with E-state index >= 15 is 0 Å². The number of hydrogen-bond acceptors (Lipinski definition) is 4. The van der Waals surface area contributed by atoms with Crippen molar-refractivity contribution < 1.29 is 17.9 Å². The van der Waals surface area contributed by atoms with Crippen molar-refractivity contribution in [3.63, 3.8) is 0 Å². The van der Waals surface area contributed by atoms with Crippen LogP contribution < -0.4 is 15.4 Å². The summed E-state index contributed by atoms with van der Waals surface area (Å²) in [6.07, 6.45) is 0.856. The van der Waals surface area contributed by atoms with Crippen molar-refractivity contribution >= 4 is 11.4 Å². The quantitative estimate of drug-likeness (QED) is 0.750. The van der Waals surface area contributed by atoms with E-state index in [1.54, 1.807) is 0 Å². The molecule has 0 aliphatic carbocycles. The topological polar surface area (TPSA) is 41.7 Å². The van der Waals surface area contributed by atoms with Crippen LogP contribution in [0.1, 0.15) is 13.3 Å². The van der Waals surface area contributed by atoms with E-state index in [4.69, 9.17) is 5.73 Å². The van der Waals surface area contributed by atoms with E-state index in [-0.39, 0.29) is 5.69 Å². The van der Waals surface area contributed by atoms with Crippen LogP contribution in [0.25, 0.3) is 0 Å². The number of nitrogens with zero attached hydrogens (tertiary/aromatic N) is 2. The van der Waals surface area contributed by atoms with Crippen molar-refractivity contribution in [3.05, 3.63) is 17.9 Å². The highest BCUT2D eigenvalue weighted by molar-refractivity contribution is 5.70. The summed E-state index contributed by atoms with van der Waals surface area (Å²) in [6, 6.07) is 2.26. The van der Waals surface area contributed by atoms with Crippen molar-refractivity contribution in [1.29, 1.82) is 0 Å². The number of anilines is 2. The number of rotatable bonds is 8. The molecule has 0 spiro atoms. The fourth-order valence-corrected chi connectivity index (χ4v) is 1.96. The van der Waals surface area contributed by atoms with Crippen LogP contribution in [0.5, 0.6) is 5.75 Å². The van der Waals surface area contributed by atoms with Gasteiger partial charge in [0.2, 0.25) is 0 Å². The lowest BCUT2D eigenvalue weighted by molar-refractivity contribution is -0.0521. The van der Waals surface area contributed by atoms with Gasteiger partial charge in [-0.25, -0.2) is 4.39 Å². The Hall–Kier alpha value is -1.63. The molecule has 1 aromatic rings. The van der Waals surface area contributed by atoms with Gasteiger partial charge < -0.3 is 20.3 Å². The normalized spacial score (nSPS) is 11.2. The number of ether oxygens (including phenoxy) is 1. The van der Waals surface area contributed by atoms with Crippen LogP contribution in [-0.4, -0.2) is 45.2 Å². The van der Waals surface area contributed by atoms with Crippen LogP contribution in [0.4, 0.5) is 24.5 Å². The van der Waals surface area contributed by atoms with Crippen molar-refractivity contribution in [3.8, 4) is 5.75 Å². The van der Waals surface area contributed by atoms with Crippen molar-refractivity contribution in [2.45, 2.75) is 20.0 Å². The molecule has 1 rings (SSSR count). The molecule has 0 aliphatic heterocycles. The van der Waals surface area contributed by atoms with E-state index in [2.05, 4.69) is 4.74 Å². The van der Waals surface area contributed by atoms with Crippen molar-refractivity contribution in [1.82, 2.24) is 4.90 Å². The van der Waals surface area contributed by atoms with Gasteiger partial charge in [0.05, 0.1) is 11.4 Å². The van der Waals surface area contributed by atoms with Crippen LogP contribution >= 0.6 is 0 Å². The zero-order chi connectivity index (χ0) is 16.0. The Labute approximate surface area is 123 Å². The maximum absolute atomic E-state index is 13.6. The van der Waals surface area contributed by atoms with Crippen LogP contribution in [0.3, 0.4) is 0 Å². The standard InChI is InChI=1S/C14H22F3N3O/c1-4-5-20(7-6-19(2)3)12-9-13(21-14(16)17)10(15)8-11(12)18/h8-9,14H,4-7,18H2,1-3H3. The van der Waals surface area contributed by atoms with Crippen molar-refractivity contribution in [2.24, 2.45) is 0 Å². The molecule has 2 N–H and O–H groups in total. The lowest BCUT2D eigenvalue weighted by atomic mass is 10.2. The minimum Gasteiger partial charge on any atom is -0.432 e. The summed E-state index contributed by atoms with van der Waals surface area (Å²) in [5.74, 6) is -1.37. The Kier molecular flexibility index (Phi) is 6.61. The summed E-state index contributed by atoms with van der Waals surface area (Å²) in [7, 11) is 3.87. The third-order valence-corrected chi connectivity index (χ3v) is 2.95. The van der Waals surface area contributed by atoms with Gasteiger partial charge in [-0.2, -0.15) is 8.78 Å². The number of alkyl halides is 2. The van der Waals surface area contributed by atoms with E-state index < -0.39 is 18.2 Å². The molecule has 0 heterocycles. The van der Waals surface area contributed by atoms with Gasteiger partial charge in [0.1, 0.15) is 0 Å². The number of nitrogens with two attached hydrogens (primary N) is 1. The molecule has 21 heavy (non-hydrogen) atoms. The number of halogens is 3. The van der Waals surface area contributed by atoms with E-state index in [0.717, 1.165) is 19.0 Å². The average molecular weight is 305 g/mol. The van der Waals surface area contributed by atoms with Crippen LogP contribution in [-0.2, 0) is 0 Å². The van der Waals surface area contributed by atoms with Gasteiger partial charge >= 0.3 is 6.61 Å². The Morgan fingerprint density at radius 3 is 2.38 bits per heavy atom. The second-order valence-electron chi connectivity index (χ2n) is 5.01. The van der Waals surface area contributed by atoms with Gasteiger partial charge in [-0.1, -0.05) is 6.92 Å². The smallest absolute Gasteiger partial charge is 0.387 e. The molecule has 7 heteroatoms. The summed E-state index contributed by atoms with van der Waals surface area (Å²) in [5, 5.41) is 0. The highest BCUT2D eigenvalue weighted by Crippen LogP contribution is 2.32. The van der Waals surface area contributed by atoms with E-state index in [1.807, 2.05) is 30.8 Å². The van der Waals surface area contributed by atoms with E-state index in [9.17, 15) is 13.2 Å². The van der Waals surface area contributed by atoms with Gasteiger partial charge in [-0.15, -0.1) is 0 Å². The Balaban J connectivity index is 3.05. The second-order valence-corrected chi connectivity index (χ2v) is 5.01. The van der Waals surface area contributed by atoms with Crippen LogP contribution in [0, 0.1) is 5.82 Å². The first-order valence-corrected chi connectivity index (χ1v) is 6.78. The monoisotopic (exact) mass is 305 g/mol. The molecular weight excluding hydrogens is 283 g/mol. The summed E-state index contributed by atoms with van der Waals surface area (Å²) in [5.41, 5.74) is 6.54. The van der Waals surface area contributed by atoms with Gasteiger partial charge in [-0.05, 0) is 20.5 Å². The fraction of sp³-hybridized carbons (Fsp3) is 0.571. The molecule has 1 aromatic carbocycles. The average Bonchev–Trinajstić information content (AvgIpc) is 2.37. The maximum atomic E-state index is 13.6. The summed E-state index contributed by atoms with van der Waals surface area (Å²) >= 11 is 0. The SMILES string of the molecule is CCCN(CCN(C)C)c1cc(OC(F)F)c(F)cc1N. The predicted molar refractivity (Wildman–Crippen MR) is 78.5 cm³/mol. The van der Waals surface area contributed by atoms with Crippen molar-refractivity contribution in [2.75, 3.05) is 44.4 Å². The molecule has 0 radical (unpaired) electrons. The minimum absolute atomic E-state index is 0.210. The molecule has 0 fully saturated rings. The Morgan fingerprint density at radius 1 is 1.19 bits per heavy atom. The molecule has 0 saturated heterocycles. The molecule has 0 aliphatic rings. The van der Waals surface area contributed by atoms with Crippen LogP contribution in [0.2, 0.25) is 0 Å². The lowest BCUT2D eigenvalue weighted by Gasteiger charge is -2.27. The zero-order valence-electron chi connectivity index (χ0n) is 12.6. The van der Waals surface area contributed by atoms with Gasteiger partial charge in [0.25, 0.3) is 0 Å². The highest BCUT2D eigenvalue weighted by atomic mass is 19.3. The molecule has 120 valence electrons. The minimum atomic E-state index is -3.07. The first-order chi connectivity index (χ1) is 9.85. The molecular formula is C14H22F3N3O. The van der Waals surface area contributed by atoms with Gasteiger partial charge in [0.15, 0.2) is 11.6 Å². The first-order valence-electron chi connectivity index (χ1n) is 6.78. The number of hydrogen-bond donors (Lipinski definition) is 1. The zero-order valence-corrected chi connectivity index (χ0v) is 12.6. The third-order valence-electron chi connectivity index (χ3n) is 2.95.